The third-order valence-electron chi connectivity index (χ3n) is 7.03. The lowest BCUT2D eigenvalue weighted by molar-refractivity contribution is -0.120. The quantitative estimate of drug-likeness (QED) is 0.482. The molecule has 2 atom stereocenters. The molecule has 176 valence electrons. The summed E-state index contributed by atoms with van der Waals surface area (Å²) in [5.41, 5.74) is 4.17. The molecule has 33 heavy (non-hydrogen) atoms. The van der Waals surface area contributed by atoms with Gasteiger partial charge in [0.25, 0.3) is 0 Å². The lowest BCUT2D eigenvalue weighted by atomic mass is 9.69. The molecule has 1 aliphatic rings. The van der Waals surface area contributed by atoms with E-state index in [1.165, 1.54) is 17.3 Å². The minimum Gasteiger partial charge on any atom is -0.497 e. The summed E-state index contributed by atoms with van der Waals surface area (Å²) in [7, 11) is 1.63. The Labute approximate surface area is 202 Å². The lowest BCUT2D eigenvalue weighted by Gasteiger charge is -2.37. The first-order valence-electron chi connectivity index (χ1n) is 11.8. The molecule has 0 saturated carbocycles. The molecule has 0 radical (unpaired) electrons. The lowest BCUT2D eigenvalue weighted by Crippen LogP contribution is -2.32. The summed E-state index contributed by atoms with van der Waals surface area (Å²) in [6, 6.07) is 12.0. The number of rotatable bonds is 9. The van der Waals surface area contributed by atoms with Crippen molar-refractivity contribution in [2.45, 2.75) is 76.6 Å². The first-order chi connectivity index (χ1) is 15.8. The van der Waals surface area contributed by atoms with Gasteiger partial charge in [0.1, 0.15) is 16.8 Å². The molecule has 1 heterocycles. The molecule has 1 amide bonds. The van der Waals surface area contributed by atoms with Gasteiger partial charge in [-0.05, 0) is 66.3 Å². The molecule has 0 fully saturated rings. The number of fused-ring (bicyclic) bond motifs is 1. The highest BCUT2D eigenvalue weighted by molar-refractivity contribution is 8.00. The van der Waals surface area contributed by atoms with Crippen molar-refractivity contribution >= 4 is 17.7 Å². The van der Waals surface area contributed by atoms with E-state index in [-0.39, 0.29) is 16.6 Å². The van der Waals surface area contributed by atoms with Crippen LogP contribution in [0.3, 0.4) is 0 Å². The maximum Gasteiger partial charge on any atom is 0.233 e. The minimum absolute atomic E-state index is 0.0357. The van der Waals surface area contributed by atoms with Gasteiger partial charge in [-0.15, -0.1) is 0 Å². The summed E-state index contributed by atoms with van der Waals surface area (Å²) in [6.45, 7) is 9.37. The van der Waals surface area contributed by atoms with Gasteiger partial charge in [-0.2, -0.15) is 5.26 Å². The Hall–Kier alpha value is -2.52. The monoisotopic (exact) mass is 465 g/mol. The Morgan fingerprint density at radius 1 is 1.33 bits per heavy atom. The van der Waals surface area contributed by atoms with E-state index in [4.69, 9.17) is 9.72 Å². The molecule has 0 saturated heterocycles. The number of methoxy groups -OCH3 is 1. The van der Waals surface area contributed by atoms with Crippen molar-refractivity contribution in [3.05, 3.63) is 52.7 Å². The van der Waals surface area contributed by atoms with Gasteiger partial charge in [-0.25, -0.2) is 4.98 Å². The smallest absolute Gasteiger partial charge is 0.233 e. The van der Waals surface area contributed by atoms with E-state index in [1.54, 1.807) is 7.11 Å². The predicted molar refractivity (Wildman–Crippen MR) is 133 cm³/mol. The third kappa shape index (κ3) is 6.09. The molecule has 3 rings (SSSR count). The van der Waals surface area contributed by atoms with Gasteiger partial charge in [-0.1, -0.05) is 58.0 Å². The van der Waals surface area contributed by atoms with Crippen LogP contribution in [0.2, 0.25) is 0 Å². The van der Waals surface area contributed by atoms with E-state index in [1.807, 2.05) is 37.3 Å². The maximum absolute atomic E-state index is 12.9. The summed E-state index contributed by atoms with van der Waals surface area (Å²) < 4.78 is 5.18. The Kier molecular flexibility index (Phi) is 8.42. The van der Waals surface area contributed by atoms with Gasteiger partial charge in [-0.3, -0.25) is 4.79 Å². The average Bonchev–Trinajstić information content (AvgIpc) is 2.85. The molecular weight excluding hydrogens is 430 g/mol. The number of hydrogen-bond donors (Lipinski definition) is 1. The van der Waals surface area contributed by atoms with E-state index < -0.39 is 0 Å². The fourth-order valence-corrected chi connectivity index (χ4v) is 5.30. The number of aryl methyl sites for hydroxylation is 1. The number of thioether (sulfide) groups is 1. The second kappa shape index (κ2) is 11.1. The van der Waals surface area contributed by atoms with Crippen LogP contribution in [0.5, 0.6) is 5.75 Å². The van der Waals surface area contributed by atoms with Crippen molar-refractivity contribution in [2.24, 2.45) is 11.3 Å². The van der Waals surface area contributed by atoms with E-state index >= 15 is 0 Å². The number of aromatic nitrogens is 1. The average molecular weight is 466 g/mol. The summed E-state index contributed by atoms with van der Waals surface area (Å²) in [5.74, 6) is 1.36. The summed E-state index contributed by atoms with van der Waals surface area (Å²) >= 11 is 1.41. The highest BCUT2D eigenvalue weighted by atomic mass is 32.2. The van der Waals surface area contributed by atoms with Crippen molar-refractivity contribution in [3.63, 3.8) is 0 Å². The number of nitriles is 1. The normalized spacial score (nSPS) is 16.4. The van der Waals surface area contributed by atoms with Crippen molar-refractivity contribution in [2.75, 3.05) is 7.11 Å². The van der Waals surface area contributed by atoms with Crippen LogP contribution >= 0.6 is 11.8 Å². The zero-order valence-electron chi connectivity index (χ0n) is 20.4. The maximum atomic E-state index is 12.9. The zero-order chi connectivity index (χ0) is 24.0. The van der Waals surface area contributed by atoms with Gasteiger partial charge >= 0.3 is 0 Å². The summed E-state index contributed by atoms with van der Waals surface area (Å²) in [6.07, 6.45) is 4.83. The first-order valence-corrected chi connectivity index (χ1v) is 12.7. The first kappa shape index (κ1) is 25.1. The Morgan fingerprint density at radius 3 is 2.67 bits per heavy atom. The number of nitrogens with zero attached hydrogens (tertiary/aromatic N) is 2. The highest BCUT2D eigenvalue weighted by Gasteiger charge is 2.32. The second-order valence-corrected chi connectivity index (χ2v) is 10.6. The fourth-order valence-electron chi connectivity index (χ4n) is 4.27. The largest absolute Gasteiger partial charge is 0.497 e. The van der Waals surface area contributed by atoms with Gasteiger partial charge < -0.3 is 10.1 Å². The summed E-state index contributed by atoms with van der Waals surface area (Å²) in [4.78, 5) is 17.8. The van der Waals surface area contributed by atoms with Crippen molar-refractivity contribution in [3.8, 4) is 11.8 Å². The minimum atomic E-state index is -0.295. The van der Waals surface area contributed by atoms with E-state index in [9.17, 15) is 10.1 Å². The van der Waals surface area contributed by atoms with Crippen molar-refractivity contribution in [1.82, 2.24) is 10.3 Å². The number of benzene rings is 1. The van der Waals surface area contributed by atoms with E-state index in [0.717, 1.165) is 42.7 Å². The van der Waals surface area contributed by atoms with Crippen LogP contribution in [0.15, 0.2) is 35.4 Å². The Bertz CT molecular complexity index is 1010. The van der Waals surface area contributed by atoms with Crippen molar-refractivity contribution in [1.29, 1.82) is 5.26 Å². The predicted octanol–water partition coefficient (Wildman–Crippen LogP) is 5.69. The molecule has 0 spiro atoms. The second-order valence-electron chi connectivity index (χ2n) is 9.42. The molecule has 2 aromatic rings. The topological polar surface area (TPSA) is 75.0 Å². The van der Waals surface area contributed by atoms with Gasteiger partial charge in [0.05, 0.1) is 17.9 Å². The van der Waals surface area contributed by atoms with E-state index in [2.05, 4.69) is 32.2 Å². The molecule has 1 aromatic heterocycles. The third-order valence-corrected chi connectivity index (χ3v) is 8.40. The number of ether oxygens (including phenoxy) is 1. The highest BCUT2D eigenvalue weighted by Crippen LogP contribution is 2.40. The van der Waals surface area contributed by atoms with Gasteiger partial charge in [0.2, 0.25) is 5.91 Å². The molecule has 2 unspecified atom stereocenters. The number of hydrogen-bond acceptors (Lipinski definition) is 5. The summed E-state index contributed by atoms with van der Waals surface area (Å²) in [5, 5.41) is 13.2. The zero-order valence-corrected chi connectivity index (χ0v) is 21.2. The molecule has 1 N–H and O–H groups in total. The number of amides is 1. The van der Waals surface area contributed by atoms with Crippen LogP contribution in [0, 0.1) is 22.7 Å². The Balaban J connectivity index is 1.70. The SMILES string of the molecule is CCC(Sc1nc2c(cc1C#N)CC(C(C)(C)CC)CC2)C(=O)NCc1ccc(OC)cc1. The van der Waals surface area contributed by atoms with Crippen LogP contribution in [0.4, 0.5) is 0 Å². The number of pyridine rings is 1. The Morgan fingerprint density at radius 2 is 2.06 bits per heavy atom. The molecule has 0 bridgehead atoms. The molecule has 1 aliphatic carbocycles. The number of carbonyl (C=O) groups excluding carboxylic acids is 1. The molecule has 6 heteroatoms. The molecule has 5 nitrogen and oxygen atoms in total. The number of nitrogens with one attached hydrogen (secondary N) is 1. The van der Waals surface area contributed by atoms with Crippen molar-refractivity contribution < 1.29 is 9.53 Å². The van der Waals surface area contributed by atoms with Crippen LogP contribution in [-0.4, -0.2) is 23.3 Å². The number of carbonyl (C=O) groups is 1. The van der Waals surface area contributed by atoms with Crippen LogP contribution in [0.1, 0.15) is 69.3 Å². The molecule has 0 aliphatic heterocycles. The van der Waals surface area contributed by atoms with Crippen LogP contribution in [-0.2, 0) is 24.2 Å². The standard InChI is InChI=1S/C27H35N3O2S/c1-6-24(25(31)29-17-18-8-11-22(32-5)12-9-18)33-26-20(16-28)14-19-15-21(27(3,4)7-2)10-13-23(19)30-26/h8-9,11-12,14,21,24H,6-7,10,13,15,17H2,1-5H3,(H,29,31). The van der Waals surface area contributed by atoms with Crippen LogP contribution < -0.4 is 10.1 Å². The van der Waals surface area contributed by atoms with Gasteiger partial charge in [0.15, 0.2) is 0 Å². The van der Waals surface area contributed by atoms with Gasteiger partial charge in [0, 0.05) is 12.2 Å². The fraction of sp³-hybridized carbons (Fsp3) is 0.519. The van der Waals surface area contributed by atoms with Crippen LogP contribution in [0.25, 0.3) is 0 Å². The van der Waals surface area contributed by atoms with E-state index in [0.29, 0.717) is 29.5 Å². The molecular formula is C27H35N3O2S. The molecule has 1 aromatic carbocycles.